The summed E-state index contributed by atoms with van der Waals surface area (Å²) in [4.78, 5) is 24.6. The molecule has 5 nitrogen and oxygen atoms in total. The van der Waals surface area contributed by atoms with Crippen molar-refractivity contribution >= 4 is 21.8 Å². The number of nitrogens with zero attached hydrogens (tertiary/aromatic N) is 5. The Labute approximate surface area is 219 Å². The quantitative estimate of drug-likeness (QED) is 0.255. The summed E-state index contributed by atoms with van der Waals surface area (Å²) in [5, 5.41) is 2.01. The van der Waals surface area contributed by atoms with E-state index in [1.165, 1.54) is 0 Å². The number of rotatable bonds is 4. The SMILES string of the molecule is c1ccc(-c2nc(-c3cccc(-c4nc(-c5ccccc5)c5ccccc5n4)n3)nc3ccccc23)cc1. The van der Waals surface area contributed by atoms with E-state index in [9.17, 15) is 0 Å². The minimum atomic E-state index is 0.563. The Hall–Kier alpha value is -5.29. The van der Waals surface area contributed by atoms with Crippen molar-refractivity contribution in [3.05, 3.63) is 127 Å². The van der Waals surface area contributed by atoms with Gasteiger partial charge in [0.1, 0.15) is 11.4 Å². The van der Waals surface area contributed by atoms with Crippen molar-refractivity contribution in [2.24, 2.45) is 0 Å². The third-order valence-corrected chi connectivity index (χ3v) is 6.51. The molecule has 5 heteroatoms. The predicted molar refractivity (Wildman–Crippen MR) is 152 cm³/mol. The summed E-state index contributed by atoms with van der Waals surface area (Å²) in [6.45, 7) is 0. The molecule has 0 fully saturated rings. The van der Waals surface area contributed by atoms with Crippen LogP contribution in [0.5, 0.6) is 0 Å². The van der Waals surface area contributed by atoms with E-state index in [4.69, 9.17) is 24.9 Å². The normalized spacial score (nSPS) is 11.2. The molecule has 3 heterocycles. The number of para-hydroxylation sites is 2. The molecule has 0 spiro atoms. The maximum atomic E-state index is 4.98. The summed E-state index contributed by atoms with van der Waals surface area (Å²) >= 11 is 0. The van der Waals surface area contributed by atoms with E-state index < -0.39 is 0 Å². The highest BCUT2D eigenvalue weighted by molar-refractivity contribution is 5.94. The lowest BCUT2D eigenvalue weighted by Gasteiger charge is -2.11. The zero-order valence-corrected chi connectivity index (χ0v) is 20.4. The van der Waals surface area contributed by atoms with Gasteiger partial charge in [-0.25, -0.2) is 24.9 Å². The molecular formula is C33H21N5. The van der Waals surface area contributed by atoms with Crippen molar-refractivity contribution in [1.29, 1.82) is 0 Å². The summed E-state index contributed by atoms with van der Waals surface area (Å²) in [5.74, 6) is 1.13. The predicted octanol–water partition coefficient (Wildman–Crippen LogP) is 7.64. The molecule has 7 rings (SSSR count). The molecule has 0 aliphatic rings. The van der Waals surface area contributed by atoms with E-state index in [2.05, 4.69) is 36.4 Å². The second-order valence-corrected chi connectivity index (χ2v) is 8.97. The van der Waals surface area contributed by atoms with Gasteiger partial charge < -0.3 is 0 Å². The molecule has 3 aromatic heterocycles. The maximum absolute atomic E-state index is 4.98. The molecule has 38 heavy (non-hydrogen) atoms. The standard InChI is InChI=1S/C33H21N5/c1-3-12-22(13-4-1)30-24-16-7-9-18-26(24)35-32(37-30)28-20-11-21-29(34-28)33-36-27-19-10-8-17-25(27)31(38-33)23-14-5-2-6-15-23/h1-21H. The average Bonchev–Trinajstić information content (AvgIpc) is 3.01. The van der Waals surface area contributed by atoms with Gasteiger partial charge in [-0.05, 0) is 24.3 Å². The van der Waals surface area contributed by atoms with Crippen LogP contribution in [0, 0.1) is 0 Å². The Kier molecular flexibility index (Phi) is 5.37. The summed E-state index contributed by atoms with van der Waals surface area (Å²) in [5.41, 5.74) is 6.92. The van der Waals surface area contributed by atoms with Crippen LogP contribution in [0.4, 0.5) is 0 Å². The molecule has 0 bridgehead atoms. The Balaban J connectivity index is 1.40. The highest BCUT2D eigenvalue weighted by Crippen LogP contribution is 2.31. The first-order chi connectivity index (χ1) is 18.8. The zero-order chi connectivity index (χ0) is 25.3. The van der Waals surface area contributed by atoms with Crippen molar-refractivity contribution in [2.75, 3.05) is 0 Å². The van der Waals surface area contributed by atoms with Gasteiger partial charge in [0.15, 0.2) is 11.6 Å². The molecule has 0 aliphatic heterocycles. The van der Waals surface area contributed by atoms with Gasteiger partial charge in [0.2, 0.25) is 0 Å². The number of hydrogen-bond donors (Lipinski definition) is 0. The number of pyridine rings is 1. The van der Waals surface area contributed by atoms with E-state index in [0.717, 1.165) is 44.3 Å². The molecule has 7 aromatic rings. The van der Waals surface area contributed by atoms with Crippen molar-refractivity contribution in [3.63, 3.8) is 0 Å². The Morgan fingerprint density at radius 2 is 0.737 bits per heavy atom. The molecule has 0 amide bonds. The number of hydrogen-bond acceptors (Lipinski definition) is 5. The van der Waals surface area contributed by atoms with Crippen molar-refractivity contribution in [2.45, 2.75) is 0 Å². The lowest BCUT2D eigenvalue weighted by Crippen LogP contribution is -2.00. The third kappa shape index (κ3) is 3.96. The van der Waals surface area contributed by atoms with Crippen LogP contribution in [0.2, 0.25) is 0 Å². The van der Waals surface area contributed by atoms with Gasteiger partial charge in [0.05, 0.1) is 22.4 Å². The molecule has 0 saturated heterocycles. The van der Waals surface area contributed by atoms with Crippen molar-refractivity contribution < 1.29 is 0 Å². The van der Waals surface area contributed by atoms with E-state index in [1.807, 2.05) is 91.0 Å². The molecule has 0 saturated carbocycles. The van der Waals surface area contributed by atoms with Crippen LogP contribution in [-0.2, 0) is 0 Å². The van der Waals surface area contributed by atoms with Crippen LogP contribution in [-0.4, -0.2) is 24.9 Å². The minimum Gasteiger partial charge on any atom is -0.241 e. The monoisotopic (exact) mass is 487 g/mol. The Bertz CT molecular complexity index is 1780. The number of benzene rings is 4. The van der Waals surface area contributed by atoms with Crippen molar-refractivity contribution in [3.8, 4) is 45.6 Å². The first kappa shape index (κ1) is 21.9. The second kappa shape index (κ2) is 9.30. The van der Waals surface area contributed by atoms with Crippen LogP contribution >= 0.6 is 0 Å². The largest absolute Gasteiger partial charge is 0.241 e. The Morgan fingerprint density at radius 1 is 0.316 bits per heavy atom. The molecule has 0 radical (unpaired) electrons. The summed E-state index contributed by atoms with van der Waals surface area (Å²) in [7, 11) is 0. The molecule has 0 unspecified atom stereocenters. The average molecular weight is 488 g/mol. The maximum Gasteiger partial charge on any atom is 0.179 e. The minimum absolute atomic E-state index is 0.563. The molecule has 0 N–H and O–H groups in total. The van der Waals surface area contributed by atoms with Crippen LogP contribution in [0.15, 0.2) is 127 Å². The van der Waals surface area contributed by atoms with Gasteiger partial charge >= 0.3 is 0 Å². The summed E-state index contributed by atoms with van der Waals surface area (Å²) in [6.07, 6.45) is 0. The third-order valence-electron chi connectivity index (χ3n) is 6.51. The van der Waals surface area contributed by atoms with E-state index in [0.29, 0.717) is 23.0 Å². The van der Waals surface area contributed by atoms with E-state index in [-0.39, 0.29) is 0 Å². The lowest BCUT2D eigenvalue weighted by atomic mass is 10.1. The van der Waals surface area contributed by atoms with Crippen LogP contribution in [0.1, 0.15) is 0 Å². The van der Waals surface area contributed by atoms with Gasteiger partial charge in [0.25, 0.3) is 0 Å². The summed E-state index contributed by atoms with van der Waals surface area (Å²) in [6, 6.07) is 42.3. The fourth-order valence-corrected chi connectivity index (χ4v) is 4.70. The Morgan fingerprint density at radius 3 is 1.21 bits per heavy atom. The number of aromatic nitrogens is 5. The summed E-state index contributed by atoms with van der Waals surface area (Å²) < 4.78 is 0. The van der Waals surface area contributed by atoms with E-state index in [1.54, 1.807) is 0 Å². The van der Waals surface area contributed by atoms with Gasteiger partial charge in [-0.15, -0.1) is 0 Å². The van der Waals surface area contributed by atoms with Gasteiger partial charge in [-0.2, -0.15) is 0 Å². The fraction of sp³-hybridized carbons (Fsp3) is 0. The zero-order valence-electron chi connectivity index (χ0n) is 20.4. The van der Waals surface area contributed by atoms with Crippen molar-refractivity contribution in [1.82, 2.24) is 24.9 Å². The van der Waals surface area contributed by atoms with E-state index >= 15 is 0 Å². The smallest absolute Gasteiger partial charge is 0.179 e. The van der Waals surface area contributed by atoms with Gasteiger partial charge in [0, 0.05) is 21.9 Å². The highest BCUT2D eigenvalue weighted by atomic mass is 15.0. The fourth-order valence-electron chi connectivity index (χ4n) is 4.70. The first-order valence-electron chi connectivity index (χ1n) is 12.5. The van der Waals surface area contributed by atoms with Gasteiger partial charge in [-0.3, -0.25) is 0 Å². The molecular weight excluding hydrogens is 466 g/mol. The molecule has 4 aromatic carbocycles. The van der Waals surface area contributed by atoms with Crippen LogP contribution in [0.3, 0.4) is 0 Å². The lowest BCUT2D eigenvalue weighted by molar-refractivity contribution is 1.15. The number of fused-ring (bicyclic) bond motifs is 2. The van der Waals surface area contributed by atoms with Gasteiger partial charge in [-0.1, -0.05) is 103 Å². The van der Waals surface area contributed by atoms with Crippen LogP contribution < -0.4 is 0 Å². The highest BCUT2D eigenvalue weighted by Gasteiger charge is 2.15. The molecule has 0 atom stereocenters. The first-order valence-corrected chi connectivity index (χ1v) is 12.5. The topological polar surface area (TPSA) is 64.5 Å². The molecule has 178 valence electrons. The molecule has 0 aliphatic carbocycles. The van der Waals surface area contributed by atoms with Crippen LogP contribution in [0.25, 0.3) is 67.4 Å². The second-order valence-electron chi connectivity index (χ2n) is 8.97.